The Bertz CT molecular complexity index is 1010. The Morgan fingerprint density at radius 3 is 2.67 bits per heavy atom. The van der Waals surface area contributed by atoms with Crippen molar-refractivity contribution in [2.45, 2.75) is 0 Å². The molecule has 3 rings (SSSR count). The average molecular weight is 370 g/mol. The Labute approximate surface area is 154 Å². The van der Waals surface area contributed by atoms with Gasteiger partial charge in [0.2, 0.25) is 0 Å². The van der Waals surface area contributed by atoms with Crippen LogP contribution in [0.5, 0.6) is 0 Å². The molecule has 1 amide bonds. The van der Waals surface area contributed by atoms with E-state index in [1.807, 2.05) is 19.0 Å². The van der Waals surface area contributed by atoms with E-state index in [0.29, 0.717) is 29.6 Å². The van der Waals surface area contributed by atoms with E-state index in [0.717, 1.165) is 0 Å². The molecule has 2 aromatic carbocycles. The lowest BCUT2D eigenvalue weighted by molar-refractivity contribution is -0.384. The zero-order chi connectivity index (χ0) is 19.6. The summed E-state index contributed by atoms with van der Waals surface area (Å²) in [7, 11) is 3.78. The highest BCUT2D eigenvalue weighted by Gasteiger charge is 2.22. The van der Waals surface area contributed by atoms with Gasteiger partial charge >= 0.3 is 0 Å². The number of H-pyrrole nitrogens is 1. The van der Waals surface area contributed by atoms with E-state index in [1.54, 1.807) is 18.2 Å². The molecule has 0 spiro atoms. The fourth-order valence-electron chi connectivity index (χ4n) is 2.89. The van der Waals surface area contributed by atoms with Gasteiger partial charge in [-0.25, -0.2) is 4.39 Å². The quantitative estimate of drug-likeness (QED) is 0.515. The molecule has 0 saturated heterocycles. The zero-order valence-electron chi connectivity index (χ0n) is 15.0. The van der Waals surface area contributed by atoms with Crippen LogP contribution in [0.15, 0.2) is 42.5 Å². The van der Waals surface area contributed by atoms with Gasteiger partial charge in [0.15, 0.2) is 0 Å². The second kappa shape index (κ2) is 7.55. The highest BCUT2D eigenvalue weighted by molar-refractivity contribution is 6.10. The largest absolute Gasteiger partial charge is 0.350 e. The number of aromatic amines is 1. The Kier molecular flexibility index (Phi) is 5.18. The van der Waals surface area contributed by atoms with Crippen molar-refractivity contribution in [1.29, 1.82) is 0 Å². The van der Waals surface area contributed by atoms with Gasteiger partial charge in [-0.1, -0.05) is 18.2 Å². The van der Waals surface area contributed by atoms with Crippen LogP contribution in [0.25, 0.3) is 22.0 Å². The number of amides is 1. The third kappa shape index (κ3) is 3.80. The van der Waals surface area contributed by atoms with Crippen molar-refractivity contribution in [2.75, 3.05) is 27.2 Å². The van der Waals surface area contributed by atoms with Gasteiger partial charge in [-0.3, -0.25) is 14.9 Å². The van der Waals surface area contributed by atoms with Crippen LogP contribution in [0.1, 0.15) is 10.5 Å². The van der Waals surface area contributed by atoms with Gasteiger partial charge in [0, 0.05) is 47.3 Å². The monoisotopic (exact) mass is 370 g/mol. The average Bonchev–Trinajstić information content (AvgIpc) is 3.00. The Morgan fingerprint density at radius 2 is 2.00 bits per heavy atom. The van der Waals surface area contributed by atoms with Crippen LogP contribution in [0.2, 0.25) is 0 Å². The molecule has 140 valence electrons. The number of halogens is 1. The van der Waals surface area contributed by atoms with E-state index in [2.05, 4.69) is 10.3 Å². The van der Waals surface area contributed by atoms with E-state index in [1.165, 1.54) is 24.3 Å². The number of nitrogens with zero attached hydrogens (tertiary/aromatic N) is 2. The molecular formula is C19H19FN4O3. The zero-order valence-corrected chi connectivity index (χ0v) is 15.0. The molecule has 0 atom stereocenters. The molecule has 2 N–H and O–H groups in total. The smallest absolute Gasteiger partial charge is 0.270 e. The summed E-state index contributed by atoms with van der Waals surface area (Å²) in [5, 5.41) is 14.4. The second-order valence-electron chi connectivity index (χ2n) is 6.40. The fourth-order valence-corrected chi connectivity index (χ4v) is 2.89. The van der Waals surface area contributed by atoms with Gasteiger partial charge in [-0.15, -0.1) is 0 Å². The minimum atomic E-state index is -0.519. The van der Waals surface area contributed by atoms with E-state index in [4.69, 9.17) is 0 Å². The van der Waals surface area contributed by atoms with Crippen LogP contribution in [0.3, 0.4) is 0 Å². The molecule has 0 bridgehead atoms. The minimum Gasteiger partial charge on any atom is -0.350 e. The molecule has 7 nitrogen and oxygen atoms in total. The molecule has 0 saturated carbocycles. The molecule has 0 aliphatic heterocycles. The highest BCUT2D eigenvalue weighted by atomic mass is 19.1. The first-order valence-corrected chi connectivity index (χ1v) is 8.36. The lowest BCUT2D eigenvalue weighted by Crippen LogP contribution is -2.31. The lowest BCUT2D eigenvalue weighted by Gasteiger charge is -2.11. The van der Waals surface area contributed by atoms with Crippen molar-refractivity contribution >= 4 is 22.5 Å². The number of non-ortho nitro benzene ring substituents is 1. The lowest BCUT2D eigenvalue weighted by atomic mass is 10.0. The molecule has 0 unspecified atom stereocenters. The number of carbonyl (C=O) groups excluding carboxylic acids is 1. The molecular weight excluding hydrogens is 351 g/mol. The van der Waals surface area contributed by atoms with Gasteiger partial charge in [-0.05, 0) is 26.2 Å². The summed E-state index contributed by atoms with van der Waals surface area (Å²) in [6, 6.07) is 10.3. The van der Waals surface area contributed by atoms with Crippen LogP contribution >= 0.6 is 0 Å². The van der Waals surface area contributed by atoms with Crippen molar-refractivity contribution in [3.8, 4) is 11.1 Å². The first-order chi connectivity index (χ1) is 12.9. The topological polar surface area (TPSA) is 91.3 Å². The van der Waals surface area contributed by atoms with Gasteiger partial charge in [-0.2, -0.15) is 0 Å². The Morgan fingerprint density at radius 1 is 1.26 bits per heavy atom. The molecule has 27 heavy (non-hydrogen) atoms. The van der Waals surface area contributed by atoms with Crippen LogP contribution in [-0.4, -0.2) is 47.9 Å². The molecule has 8 heteroatoms. The van der Waals surface area contributed by atoms with Crippen molar-refractivity contribution < 1.29 is 14.1 Å². The maximum atomic E-state index is 14.5. The molecule has 1 aromatic heterocycles. The number of nitro benzene ring substituents is 1. The summed E-state index contributed by atoms with van der Waals surface area (Å²) >= 11 is 0. The van der Waals surface area contributed by atoms with Crippen molar-refractivity contribution in [1.82, 2.24) is 15.2 Å². The maximum Gasteiger partial charge on any atom is 0.270 e. The molecule has 0 aliphatic carbocycles. The summed E-state index contributed by atoms with van der Waals surface area (Å²) < 4.78 is 14.5. The number of likely N-dealkylation sites (N-methyl/N-ethyl adjacent to an activating group) is 1. The Hall–Kier alpha value is -3.26. The Balaban J connectivity index is 2.15. The summed E-state index contributed by atoms with van der Waals surface area (Å²) in [6.07, 6.45) is 0. The van der Waals surface area contributed by atoms with Gasteiger partial charge in [0.1, 0.15) is 11.5 Å². The van der Waals surface area contributed by atoms with Crippen molar-refractivity contribution in [2.24, 2.45) is 0 Å². The number of fused-ring (bicyclic) bond motifs is 1. The van der Waals surface area contributed by atoms with Crippen molar-refractivity contribution in [3.05, 3.63) is 64.1 Å². The van der Waals surface area contributed by atoms with Crippen LogP contribution in [-0.2, 0) is 0 Å². The first-order valence-electron chi connectivity index (χ1n) is 8.36. The third-order valence-electron chi connectivity index (χ3n) is 4.21. The number of benzene rings is 2. The molecule has 0 radical (unpaired) electrons. The number of carbonyl (C=O) groups is 1. The van der Waals surface area contributed by atoms with Crippen LogP contribution in [0, 0.1) is 15.9 Å². The number of nitrogens with one attached hydrogen (secondary N) is 2. The standard InChI is InChI=1S/C19H19FN4O3/c1-23(2)10-9-21-19(25)18-17(13-5-3-4-6-15(13)20)14-11-12(24(26)27)7-8-16(14)22-18/h3-8,11,22H,9-10H2,1-2H3,(H,21,25). The molecule has 3 aromatic rings. The fraction of sp³-hybridized carbons (Fsp3) is 0.211. The molecule has 0 fully saturated rings. The van der Waals surface area contributed by atoms with Gasteiger partial charge < -0.3 is 15.2 Å². The number of aromatic nitrogens is 1. The maximum absolute atomic E-state index is 14.5. The predicted octanol–water partition coefficient (Wildman–Crippen LogP) is 3.17. The molecule has 0 aliphatic rings. The van der Waals surface area contributed by atoms with E-state index < -0.39 is 16.6 Å². The minimum absolute atomic E-state index is 0.126. The second-order valence-corrected chi connectivity index (χ2v) is 6.40. The highest BCUT2D eigenvalue weighted by Crippen LogP contribution is 2.35. The summed E-state index contributed by atoms with van der Waals surface area (Å²) in [6.45, 7) is 1.06. The SMILES string of the molecule is CN(C)CCNC(=O)c1[nH]c2ccc([N+](=O)[O-])cc2c1-c1ccccc1F. The van der Waals surface area contributed by atoms with E-state index in [-0.39, 0.29) is 16.9 Å². The van der Waals surface area contributed by atoms with E-state index in [9.17, 15) is 19.3 Å². The van der Waals surface area contributed by atoms with Crippen LogP contribution < -0.4 is 5.32 Å². The van der Waals surface area contributed by atoms with Gasteiger partial charge in [0.25, 0.3) is 11.6 Å². The number of nitro groups is 1. The van der Waals surface area contributed by atoms with Crippen LogP contribution in [0.4, 0.5) is 10.1 Å². The summed E-state index contributed by atoms with van der Waals surface area (Å²) in [5.74, 6) is -0.902. The van der Waals surface area contributed by atoms with Gasteiger partial charge in [0.05, 0.1) is 4.92 Å². The summed E-state index contributed by atoms with van der Waals surface area (Å²) in [4.78, 5) is 28.2. The number of hydrogen-bond acceptors (Lipinski definition) is 4. The normalized spacial score (nSPS) is 11.1. The first kappa shape index (κ1) is 18.5. The van der Waals surface area contributed by atoms with E-state index >= 15 is 0 Å². The summed E-state index contributed by atoms with van der Waals surface area (Å²) in [5.41, 5.74) is 1.10. The van der Waals surface area contributed by atoms with Crippen molar-refractivity contribution in [3.63, 3.8) is 0 Å². The third-order valence-corrected chi connectivity index (χ3v) is 4.21. The predicted molar refractivity (Wildman–Crippen MR) is 101 cm³/mol. The molecule has 1 heterocycles. The number of hydrogen-bond donors (Lipinski definition) is 2. The number of rotatable bonds is 6.